The number of carbonyl (C=O) groups excluding carboxylic acids is 2. The number of nitrogens with one attached hydrogen (secondary N) is 1. The number of carbonyl (C=O) groups is 2. The van der Waals surface area contributed by atoms with Crippen LogP contribution in [-0.2, 0) is 11.3 Å². The lowest BCUT2D eigenvalue weighted by Gasteiger charge is -2.19. The second-order valence-corrected chi connectivity index (χ2v) is 7.60. The van der Waals surface area contributed by atoms with Gasteiger partial charge in [0, 0.05) is 36.5 Å². The first-order valence-corrected chi connectivity index (χ1v) is 10.6. The number of hydrogen-bond donors (Lipinski definition) is 1. The van der Waals surface area contributed by atoms with Crippen molar-refractivity contribution < 1.29 is 23.5 Å². The summed E-state index contributed by atoms with van der Waals surface area (Å²) < 4.78 is 24.3. The lowest BCUT2D eigenvalue weighted by molar-refractivity contribution is 0.0596. The van der Waals surface area contributed by atoms with Crippen LogP contribution in [0.3, 0.4) is 0 Å². The first-order chi connectivity index (χ1) is 16.4. The Morgan fingerprint density at radius 1 is 1.15 bits per heavy atom. The third kappa shape index (κ3) is 4.45. The highest BCUT2D eigenvalue weighted by Crippen LogP contribution is 2.32. The van der Waals surface area contributed by atoms with Gasteiger partial charge in [-0.15, -0.1) is 0 Å². The molecule has 1 N–H and O–H groups in total. The second-order valence-electron chi connectivity index (χ2n) is 7.60. The molecule has 0 aliphatic rings. The zero-order chi connectivity index (χ0) is 24.2. The van der Waals surface area contributed by atoms with Gasteiger partial charge in [0.15, 0.2) is 5.69 Å². The van der Waals surface area contributed by atoms with E-state index in [0.29, 0.717) is 45.5 Å². The van der Waals surface area contributed by atoms with E-state index in [1.165, 1.54) is 36.5 Å². The summed E-state index contributed by atoms with van der Waals surface area (Å²) in [6, 6.07) is 11.3. The zero-order valence-corrected chi connectivity index (χ0v) is 19.0. The van der Waals surface area contributed by atoms with Crippen molar-refractivity contribution in [1.29, 1.82) is 0 Å². The van der Waals surface area contributed by atoms with Gasteiger partial charge in [-0.1, -0.05) is 12.1 Å². The maximum atomic E-state index is 13.7. The molecule has 2 aromatic heterocycles. The van der Waals surface area contributed by atoms with E-state index in [2.05, 4.69) is 15.2 Å². The van der Waals surface area contributed by atoms with E-state index < -0.39 is 5.97 Å². The van der Waals surface area contributed by atoms with Crippen LogP contribution in [0, 0.1) is 5.82 Å². The monoisotopic (exact) mass is 462 g/mol. The minimum Gasteiger partial charge on any atom is -0.493 e. The highest BCUT2D eigenvalue weighted by atomic mass is 19.1. The van der Waals surface area contributed by atoms with Crippen LogP contribution < -0.4 is 4.74 Å². The summed E-state index contributed by atoms with van der Waals surface area (Å²) >= 11 is 0. The fourth-order valence-corrected chi connectivity index (χ4v) is 3.74. The number of amides is 1. The van der Waals surface area contributed by atoms with Gasteiger partial charge in [-0.25, -0.2) is 14.2 Å². The molecule has 34 heavy (non-hydrogen) atoms. The van der Waals surface area contributed by atoms with Crippen LogP contribution >= 0.6 is 0 Å². The zero-order valence-electron chi connectivity index (χ0n) is 19.0. The van der Waals surface area contributed by atoms with Gasteiger partial charge in [0.25, 0.3) is 5.91 Å². The number of aromatic amines is 1. The van der Waals surface area contributed by atoms with E-state index in [0.717, 1.165) is 0 Å². The molecule has 0 atom stereocenters. The molecule has 0 bridgehead atoms. The molecule has 174 valence electrons. The number of pyridine rings is 1. The minimum atomic E-state index is -0.566. The maximum absolute atomic E-state index is 13.7. The Bertz CT molecular complexity index is 1370. The topological polar surface area (TPSA) is 97.4 Å². The van der Waals surface area contributed by atoms with Crippen molar-refractivity contribution in [2.75, 3.05) is 20.8 Å². The molecule has 4 rings (SSSR count). The molecule has 0 aliphatic carbocycles. The van der Waals surface area contributed by atoms with Gasteiger partial charge in [0.05, 0.1) is 30.8 Å². The predicted octanol–water partition coefficient (Wildman–Crippen LogP) is 4.22. The second kappa shape index (κ2) is 9.70. The van der Waals surface area contributed by atoms with Crippen LogP contribution in [0.5, 0.6) is 5.75 Å². The first kappa shape index (κ1) is 22.9. The summed E-state index contributed by atoms with van der Waals surface area (Å²) in [6.45, 7) is 2.46. The first-order valence-electron chi connectivity index (χ1n) is 10.6. The largest absolute Gasteiger partial charge is 0.493 e. The molecule has 8 nitrogen and oxygen atoms in total. The van der Waals surface area contributed by atoms with Crippen LogP contribution in [0.15, 0.2) is 54.9 Å². The third-order valence-electron chi connectivity index (χ3n) is 5.36. The van der Waals surface area contributed by atoms with E-state index >= 15 is 0 Å². The molecule has 0 aliphatic heterocycles. The number of methoxy groups -OCH3 is 1. The van der Waals surface area contributed by atoms with Gasteiger partial charge >= 0.3 is 5.97 Å². The highest BCUT2D eigenvalue weighted by Gasteiger charge is 2.20. The van der Waals surface area contributed by atoms with Crippen LogP contribution in [0.4, 0.5) is 4.39 Å². The summed E-state index contributed by atoms with van der Waals surface area (Å²) in [5, 5.41) is 7.39. The van der Waals surface area contributed by atoms with E-state index in [-0.39, 0.29) is 24.0 Å². The molecule has 0 saturated carbocycles. The Kier molecular flexibility index (Phi) is 6.53. The summed E-state index contributed by atoms with van der Waals surface area (Å²) in [5.41, 5.74) is 3.23. The number of rotatable bonds is 7. The molecular weight excluding hydrogens is 439 g/mol. The van der Waals surface area contributed by atoms with E-state index in [9.17, 15) is 14.0 Å². The number of fused-ring (bicyclic) bond motifs is 1. The smallest absolute Gasteiger partial charge is 0.357 e. The molecule has 2 heterocycles. The van der Waals surface area contributed by atoms with Crippen molar-refractivity contribution in [3.63, 3.8) is 0 Å². The number of aromatic nitrogens is 3. The summed E-state index contributed by atoms with van der Waals surface area (Å²) in [7, 11) is 2.95. The number of esters is 1. The van der Waals surface area contributed by atoms with E-state index in [1.807, 2.05) is 6.92 Å². The van der Waals surface area contributed by atoms with Gasteiger partial charge in [-0.3, -0.25) is 9.89 Å². The fraction of sp³-hybridized carbons (Fsp3) is 0.200. The quantitative estimate of drug-likeness (QED) is 0.413. The summed E-state index contributed by atoms with van der Waals surface area (Å²) in [4.78, 5) is 30.9. The van der Waals surface area contributed by atoms with E-state index in [4.69, 9.17) is 9.47 Å². The highest BCUT2D eigenvalue weighted by molar-refractivity contribution is 6.02. The molecule has 4 aromatic rings. The Hall–Kier alpha value is -4.27. The van der Waals surface area contributed by atoms with Gasteiger partial charge < -0.3 is 14.4 Å². The minimum absolute atomic E-state index is 0.151. The number of halogens is 1. The van der Waals surface area contributed by atoms with Crippen LogP contribution in [0.1, 0.15) is 33.3 Å². The SMILES string of the molecule is CCOc1cc(C(=O)N(C)Cc2cnc(C(=O)OC)c3cn[nH]c23)ccc1-c1cccc(F)c1. The predicted molar refractivity (Wildman–Crippen MR) is 124 cm³/mol. The van der Waals surface area contributed by atoms with E-state index in [1.54, 1.807) is 37.4 Å². The van der Waals surface area contributed by atoms with Crippen molar-refractivity contribution in [1.82, 2.24) is 20.1 Å². The van der Waals surface area contributed by atoms with Crippen molar-refractivity contribution >= 4 is 22.8 Å². The normalized spacial score (nSPS) is 10.8. The Balaban J connectivity index is 1.61. The number of hydrogen-bond acceptors (Lipinski definition) is 6. The van der Waals surface area contributed by atoms with Crippen LogP contribution in [0.25, 0.3) is 22.0 Å². The molecular formula is C25H23FN4O4. The van der Waals surface area contributed by atoms with Crippen LogP contribution in [0.2, 0.25) is 0 Å². The molecule has 9 heteroatoms. The Labute approximate surface area is 195 Å². The van der Waals surface area contributed by atoms with Crippen molar-refractivity contribution in [2.24, 2.45) is 0 Å². The number of nitrogens with zero attached hydrogens (tertiary/aromatic N) is 3. The fourth-order valence-electron chi connectivity index (χ4n) is 3.74. The Morgan fingerprint density at radius 2 is 1.97 bits per heavy atom. The average Bonchev–Trinajstić information content (AvgIpc) is 3.34. The third-order valence-corrected chi connectivity index (χ3v) is 5.36. The number of ether oxygens (including phenoxy) is 2. The van der Waals surface area contributed by atoms with Gasteiger partial charge in [0.1, 0.15) is 11.6 Å². The molecule has 0 radical (unpaired) electrons. The molecule has 2 aromatic carbocycles. The van der Waals surface area contributed by atoms with Gasteiger partial charge in [-0.05, 0) is 42.8 Å². The number of H-pyrrole nitrogens is 1. The van der Waals surface area contributed by atoms with Gasteiger partial charge in [0.2, 0.25) is 0 Å². The molecule has 0 spiro atoms. The molecule has 0 unspecified atom stereocenters. The lowest BCUT2D eigenvalue weighted by atomic mass is 10.0. The van der Waals surface area contributed by atoms with Gasteiger partial charge in [-0.2, -0.15) is 5.10 Å². The van der Waals surface area contributed by atoms with Crippen molar-refractivity contribution in [2.45, 2.75) is 13.5 Å². The van der Waals surface area contributed by atoms with Crippen molar-refractivity contribution in [3.8, 4) is 16.9 Å². The summed E-state index contributed by atoms with van der Waals surface area (Å²) in [5.74, 6) is -0.662. The average molecular weight is 462 g/mol. The summed E-state index contributed by atoms with van der Waals surface area (Å²) in [6.07, 6.45) is 3.02. The molecule has 0 fully saturated rings. The molecule has 0 saturated heterocycles. The Morgan fingerprint density at radius 3 is 2.71 bits per heavy atom. The molecule has 1 amide bonds. The number of benzene rings is 2. The van der Waals surface area contributed by atoms with Crippen LogP contribution in [-0.4, -0.2) is 52.7 Å². The standard InChI is InChI=1S/C25H23FN4O4/c1-4-34-21-11-16(8-9-19(21)15-6-5-7-18(26)10-15)24(31)30(2)14-17-12-27-23(25(32)33-3)20-13-28-29-22(17)20/h5-13H,4,14H2,1-3H3,(H,28,29). The van der Waals surface area contributed by atoms with Crippen molar-refractivity contribution in [3.05, 3.63) is 77.5 Å². The maximum Gasteiger partial charge on any atom is 0.357 e. The lowest BCUT2D eigenvalue weighted by Crippen LogP contribution is -2.26.